The van der Waals surface area contributed by atoms with Crippen molar-refractivity contribution in [2.75, 3.05) is 0 Å². The first-order chi connectivity index (χ1) is 6.88. The van der Waals surface area contributed by atoms with Crippen LogP contribution in [0.5, 0.6) is 0 Å². The third-order valence-corrected chi connectivity index (χ3v) is 3.31. The number of hydrogen-bond acceptors (Lipinski definition) is 2. The van der Waals surface area contributed by atoms with E-state index in [1.165, 1.54) is 38.5 Å². The second-order valence-electron chi connectivity index (χ2n) is 4.57. The van der Waals surface area contributed by atoms with Gasteiger partial charge in [-0.15, -0.1) is 0 Å². The van der Waals surface area contributed by atoms with Gasteiger partial charge in [-0.2, -0.15) is 0 Å². The first-order valence-corrected chi connectivity index (χ1v) is 6.06. The van der Waals surface area contributed by atoms with Gasteiger partial charge >= 0.3 is 0 Å². The maximum Gasteiger partial charge on any atom is 0.164 e. The van der Waals surface area contributed by atoms with Gasteiger partial charge in [-0.25, -0.2) is 0 Å². The summed E-state index contributed by atoms with van der Waals surface area (Å²) in [5, 5.41) is 0. The van der Waals surface area contributed by atoms with Crippen LogP contribution in [-0.2, 0) is 9.53 Å². The Morgan fingerprint density at radius 3 is 2.36 bits per heavy atom. The summed E-state index contributed by atoms with van der Waals surface area (Å²) >= 11 is 0. The highest BCUT2D eigenvalue weighted by atomic mass is 16.6. The largest absolute Gasteiger partial charge is 0.361 e. The third kappa shape index (κ3) is 2.81. The molecule has 0 radical (unpaired) electrons. The van der Waals surface area contributed by atoms with Crippen molar-refractivity contribution in [1.82, 2.24) is 0 Å². The molecule has 0 unspecified atom stereocenters. The normalized spacial score (nSPS) is 35.3. The lowest BCUT2D eigenvalue weighted by molar-refractivity contribution is -0.120. The fourth-order valence-corrected chi connectivity index (χ4v) is 2.32. The predicted molar refractivity (Wildman–Crippen MR) is 55.2 cm³/mol. The van der Waals surface area contributed by atoms with Gasteiger partial charge in [0, 0.05) is 6.42 Å². The van der Waals surface area contributed by atoms with E-state index in [0.29, 0.717) is 11.9 Å². The van der Waals surface area contributed by atoms with Gasteiger partial charge in [-0.1, -0.05) is 38.5 Å². The van der Waals surface area contributed by atoms with E-state index in [1.807, 2.05) is 0 Å². The van der Waals surface area contributed by atoms with Crippen LogP contribution in [0.1, 0.15) is 57.8 Å². The summed E-state index contributed by atoms with van der Waals surface area (Å²) in [6, 6.07) is 0. The minimum atomic E-state index is -0.00516. The highest BCUT2D eigenvalue weighted by Crippen LogP contribution is 2.30. The first kappa shape index (κ1) is 10.2. The van der Waals surface area contributed by atoms with Crippen molar-refractivity contribution < 1.29 is 9.53 Å². The minimum absolute atomic E-state index is 0.00516. The average molecular weight is 196 g/mol. The molecule has 0 aromatic heterocycles. The van der Waals surface area contributed by atoms with Crippen LogP contribution >= 0.6 is 0 Å². The van der Waals surface area contributed by atoms with E-state index >= 15 is 0 Å². The van der Waals surface area contributed by atoms with Crippen LogP contribution in [0.25, 0.3) is 0 Å². The number of carbonyl (C=O) groups is 1. The molecule has 1 aliphatic heterocycles. The molecular formula is C12H20O2. The van der Waals surface area contributed by atoms with E-state index < -0.39 is 0 Å². The molecule has 14 heavy (non-hydrogen) atoms. The van der Waals surface area contributed by atoms with E-state index in [0.717, 1.165) is 19.3 Å². The molecule has 0 aromatic rings. The molecule has 80 valence electrons. The summed E-state index contributed by atoms with van der Waals surface area (Å²) in [4.78, 5) is 11.5. The molecule has 2 nitrogen and oxygen atoms in total. The maximum atomic E-state index is 11.5. The molecule has 0 aromatic carbocycles. The maximum absolute atomic E-state index is 11.5. The molecule has 1 aliphatic carbocycles. The summed E-state index contributed by atoms with van der Waals surface area (Å²) in [6.45, 7) is 0. The van der Waals surface area contributed by atoms with Crippen molar-refractivity contribution in [3.63, 3.8) is 0 Å². The summed E-state index contributed by atoms with van der Waals surface area (Å²) in [7, 11) is 0. The Bertz CT molecular complexity index is 200. The van der Waals surface area contributed by atoms with E-state index in [1.54, 1.807) is 0 Å². The van der Waals surface area contributed by atoms with Crippen LogP contribution in [0.2, 0.25) is 0 Å². The van der Waals surface area contributed by atoms with Crippen LogP contribution in [0, 0.1) is 0 Å². The van der Waals surface area contributed by atoms with Crippen molar-refractivity contribution >= 4 is 5.78 Å². The van der Waals surface area contributed by atoms with Crippen molar-refractivity contribution in [3.05, 3.63) is 0 Å². The molecule has 2 fully saturated rings. The number of ether oxygens (including phenoxy) is 1. The zero-order valence-corrected chi connectivity index (χ0v) is 8.84. The third-order valence-electron chi connectivity index (χ3n) is 3.31. The monoisotopic (exact) mass is 196 g/mol. The van der Waals surface area contributed by atoms with Crippen molar-refractivity contribution in [2.45, 2.75) is 70.0 Å². The standard InChI is InChI=1S/C12H20O2/c13-10-8-6-4-2-1-3-5-7-9-11-12(10)14-11/h11-12H,1-9H2/t11-,12-/m1/s1. The molecular weight excluding hydrogens is 176 g/mol. The van der Waals surface area contributed by atoms with E-state index in [2.05, 4.69) is 0 Å². The summed E-state index contributed by atoms with van der Waals surface area (Å²) in [5.41, 5.74) is 0. The van der Waals surface area contributed by atoms with Crippen LogP contribution in [-0.4, -0.2) is 18.0 Å². The van der Waals surface area contributed by atoms with Gasteiger partial charge in [-0.05, 0) is 12.8 Å². The zero-order valence-electron chi connectivity index (χ0n) is 8.84. The zero-order chi connectivity index (χ0) is 9.80. The van der Waals surface area contributed by atoms with Crippen molar-refractivity contribution in [3.8, 4) is 0 Å². The van der Waals surface area contributed by atoms with Gasteiger partial charge in [-0.3, -0.25) is 4.79 Å². The van der Waals surface area contributed by atoms with Crippen molar-refractivity contribution in [2.24, 2.45) is 0 Å². The second-order valence-corrected chi connectivity index (χ2v) is 4.57. The number of fused-ring (bicyclic) bond motifs is 1. The quantitative estimate of drug-likeness (QED) is 0.557. The molecule has 2 rings (SSSR count). The fourth-order valence-electron chi connectivity index (χ4n) is 2.32. The summed E-state index contributed by atoms with van der Waals surface area (Å²) in [5.74, 6) is 0.357. The number of rotatable bonds is 0. The van der Waals surface area contributed by atoms with Crippen LogP contribution in [0.4, 0.5) is 0 Å². The van der Waals surface area contributed by atoms with E-state index in [4.69, 9.17) is 4.74 Å². The Morgan fingerprint density at radius 1 is 0.929 bits per heavy atom. The van der Waals surface area contributed by atoms with Crippen LogP contribution in [0.15, 0.2) is 0 Å². The molecule has 1 heterocycles. The molecule has 2 atom stereocenters. The van der Waals surface area contributed by atoms with Gasteiger partial charge in [0.1, 0.15) is 6.10 Å². The molecule has 1 saturated carbocycles. The Morgan fingerprint density at radius 2 is 1.57 bits per heavy atom. The fraction of sp³-hybridized carbons (Fsp3) is 0.917. The number of hydrogen-bond donors (Lipinski definition) is 0. The lowest BCUT2D eigenvalue weighted by Gasteiger charge is -2.03. The van der Waals surface area contributed by atoms with Crippen molar-refractivity contribution in [1.29, 1.82) is 0 Å². The molecule has 0 bridgehead atoms. The Balaban J connectivity index is 1.76. The summed E-state index contributed by atoms with van der Waals surface area (Å²) in [6.07, 6.45) is 11.0. The number of carbonyl (C=O) groups excluding carboxylic acids is 1. The number of ketones is 1. The number of epoxide rings is 1. The second kappa shape index (κ2) is 4.92. The van der Waals surface area contributed by atoms with Gasteiger partial charge in [0.05, 0.1) is 6.10 Å². The van der Waals surface area contributed by atoms with Crippen LogP contribution < -0.4 is 0 Å². The molecule has 0 spiro atoms. The first-order valence-electron chi connectivity index (χ1n) is 6.06. The van der Waals surface area contributed by atoms with Gasteiger partial charge in [0.25, 0.3) is 0 Å². The predicted octanol–water partition coefficient (Wildman–Crippen LogP) is 2.85. The topological polar surface area (TPSA) is 29.6 Å². The number of Topliss-reactive ketones (excluding diaryl/α,β-unsaturated/α-hetero) is 1. The molecule has 0 amide bonds. The lowest BCUT2D eigenvalue weighted by Crippen LogP contribution is -2.09. The highest BCUT2D eigenvalue weighted by molar-refractivity contribution is 5.85. The van der Waals surface area contributed by atoms with E-state index in [9.17, 15) is 4.79 Å². The smallest absolute Gasteiger partial charge is 0.164 e. The Labute approximate surface area is 86.0 Å². The average Bonchev–Trinajstić information content (AvgIpc) is 2.92. The Hall–Kier alpha value is -0.370. The van der Waals surface area contributed by atoms with Gasteiger partial charge in [0.15, 0.2) is 5.78 Å². The molecule has 0 N–H and O–H groups in total. The molecule has 2 aliphatic rings. The summed E-state index contributed by atoms with van der Waals surface area (Å²) < 4.78 is 5.39. The van der Waals surface area contributed by atoms with E-state index in [-0.39, 0.29) is 6.10 Å². The Kier molecular flexibility index (Phi) is 3.57. The lowest BCUT2D eigenvalue weighted by atomic mass is 10.0. The highest BCUT2D eigenvalue weighted by Gasteiger charge is 2.43. The van der Waals surface area contributed by atoms with Gasteiger partial charge < -0.3 is 4.74 Å². The minimum Gasteiger partial charge on any atom is -0.361 e. The molecule has 1 saturated heterocycles. The van der Waals surface area contributed by atoms with Gasteiger partial charge in [0.2, 0.25) is 0 Å². The van der Waals surface area contributed by atoms with Crippen LogP contribution in [0.3, 0.4) is 0 Å². The molecule has 2 heteroatoms. The SMILES string of the molecule is O=C1CCCCCCCCC[C@H]2O[C@H]12.